The van der Waals surface area contributed by atoms with Crippen LogP contribution in [0.25, 0.3) is 5.82 Å². The zero-order valence-electron chi connectivity index (χ0n) is 19.1. The van der Waals surface area contributed by atoms with Gasteiger partial charge >= 0.3 is 5.97 Å². The van der Waals surface area contributed by atoms with Crippen LogP contribution in [0.5, 0.6) is 0 Å². The summed E-state index contributed by atoms with van der Waals surface area (Å²) in [5.41, 5.74) is 3.87. The fourth-order valence-corrected chi connectivity index (χ4v) is 4.49. The van der Waals surface area contributed by atoms with E-state index in [2.05, 4.69) is 31.5 Å². The minimum absolute atomic E-state index is 0.0689. The summed E-state index contributed by atoms with van der Waals surface area (Å²) in [5, 5.41) is 11.0. The predicted molar refractivity (Wildman–Crippen MR) is 122 cm³/mol. The van der Waals surface area contributed by atoms with Gasteiger partial charge in [-0.05, 0) is 52.6 Å². The first-order valence-corrected chi connectivity index (χ1v) is 11.6. The third-order valence-corrected chi connectivity index (χ3v) is 6.40. The van der Waals surface area contributed by atoms with Crippen LogP contribution in [-0.2, 0) is 28.8 Å². The average Bonchev–Trinajstić information content (AvgIpc) is 3.38. The lowest BCUT2D eigenvalue weighted by Gasteiger charge is -2.35. The van der Waals surface area contributed by atoms with Crippen molar-refractivity contribution in [3.05, 3.63) is 65.1 Å². The average molecular weight is 462 g/mol. The Kier molecular flexibility index (Phi) is 6.31. The lowest BCUT2D eigenvalue weighted by molar-refractivity contribution is -0.132. The number of cyclic esters (lactones) is 1. The van der Waals surface area contributed by atoms with Crippen LogP contribution in [0.3, 0.4) is 0 Å². The van der Waals surface area contributed by atoms with Gasteiger partial charge in [0.1, 0.15) is 12.4 Å². The number of benzene rings is 1. The third kappa shape index (κ3) is 4.96. The highest BCUT2D eigenvalue weighted by Gasteiger charge is 2.24. The molecule has 10 heteroatoms. The number of carbonyl (C=O) groups is 2. The van der Waals surface area contributed by atoms with Crippen molar-refractivity contribution in [1.29, 1.82) is 0 Å². The number of hydrogen-bond acceptors (Lipinski definition) is 8. The van der Waals surface area contributed by atoms with Gasteiger partial charge in [0.15, 0.2) is 5.82 Å². The van der Waals surface area contributed by atoms with E-state index in [1.165, 1.54) is 16.6 Å². The Balaban J connectivity index is 1.09. The molecule has 2 aliphatic heterocycles. The van der Waals surface area contributed by atoms with E-state index in [0.29, 0.717) is 17.8 Å². The summed E-state index contributed by atoms with van der Waals surface area (Å²) in [4.78, 5) is 33.4. The number of tetrazole rings is 1. The minimum atomic E-state index is -0.222. The lowest BCUT2D eigenvalue weighted by atomic mass is 9.96. The molecule has 1 fully saturated rings. The van der Waals surface area contributed by atoms with Crippen molar-refractivity contribution < 1.29 is 14.3 Å². The van der Waals surface area contributed by atoms with Crippen LogP contribution >= 0.6 is 0 Å². The highest BCUT2D eigenvalue weighted by molar-refractivity contribution is 5.92. The summed E-state index contributed by atoms with van der Waals surface area (Å²) in [5.74, 6) is 0.510. The predicted octanol–water partition coefficient (Wildman–Crippen LogP) is 1.09. The molecule has 5 rings (SSSR count). The molecule has 34 heavy (non-hydrogen) atoms. The van der Waals surface area contributed by atoms with E-state index in [1.54, 1.807) is 12.3 Å². The molecule has 0 spiro atoms. The third-order valence-electron chi connectivity index (χ3n) is 6.40. The molecule has 4 heterocycles. The van der Waals surface area contributed by atoms with Gasteiger partial charge in [-0.3, -0.25) is 9.69 Å². The molecule has 1 amide bonds. The standard InChI is InChI=1S/C24H27N7O3/c1-17-12-20-13-18(2-4-21(20)24(33)34-17)6-7-29-8-10-30(11-9-29)23(32)14-19-3-5-22(25-15-19)31-16-26-27-28-31/h2-5,13,15-17H,6-12,14H2,1H3/t17-/m1/s1. The zero-order valence-corrected chi connectivity index (χ0v) is 19.1. The van der Waals surface area contributed by atoms with Crippen molar-refractivity contribution >= 4 is 11.9 Å². The second-order valence-electron chi connectivity index (χ2n) is 8.84. The van der Waals surface area contributed by atoms with Gasteiger partial charge in [0.05, 0.1) is 12.0 Å². The van der Waals surface area contributed by atoms with E-state index in [0.717, 1.165) is 56.7 Å². The van der Waals surface area contributed by atoms with Gasteiger partial charge in [-0.1, -0.05) is 18.2 Å². The lowest BCUT2D eigenvalue weighted by Crippen LogP contribution is -2.49. The number of piperazine rings is 1. The monoisotopic (exact) mass is 461 g/mol. The Labute approximate surface area is 197 Å². The van der Waals surface area contributed by atoms with Crippen molar-refractivity contribution in [2.24, 2.45) is 0 Å². The number of ether oxygens (including phenoxy) is 1. The first-order chi connectivity index (χ1) is 16.5. The van der Waals surface area contributed by atoms with Crippen LogP contribution in [0.2, 0.25) is 0 Å². The molecule has 1 saturated heterocycles. The summed E-state index contributed by atoms with van der Waals surface area (Å²) in [6.45, 7) is 6.03. The molecule has 10 nitrogen and oxygen atoms in total. The molecule has 0 bridgehead atoms. The maximum Gasteiger partial charge on any atom is 0.338 e. The molecule has 0 N–H and O–H groups in total. The summed E-state index contributed by atoms with van der Waals surface area (Å²) in [7, 11) is 0. The maximum absolute atomic E-state index is 12.8. The number of pyridine rings is 1. The molecule has 0 saturated carbocycles. The topological polar surface area (TPSA) is 106 Å². The molecular formula is C24H27N7O3. The van der Waals surface area contributed by atoms with Crippen LogP contribution in [0.1, 0.15) is 34.0 Å². The Morgan fingerprint density at radius 2 is 1.94 bits per heavy atom. The van der Waals surface area contributed by atoms with Gasteiger partial charge < -0.3 is 9.64 Å². The van der Waals surface area contributed by atoms with E-state index in [-0.39, 0.29) is 18.0 Å². The van der Waals surface area contributed by atoms with Gasteiger partial charge in [0.25, 0.3) is 0 Å². The Morgan fingerprint density at radius 1 is 1.12 bits per heavy atom. The van der Waals surface area contributed by atoms with E-state index < -0.39 is 0 Å². The number of nitrogens with zero attached hydrogens (tertiary/aromatic N) is 7. The number of amides is 1. The van der Waals surface area contributed by atoms with Crippen molar-refractivity contribution in [3.8, 4) is 5.82 Å². The van der Waals surface area contributed by atoms with Crippen molar-refractivity contribution in [3.63, 3.8) is 0 Å². The van der Waals surface area contributed by atoms with Gasteiger partial charge in [0, 0.05) is 45.3 Å². The number of rotatable bonds is 6. The maximum atomic E-state index is 12.8. The molecule has 0 aliphatic carbocycles. The SMILES string of the molecule is C[C@@H]1Cc2cc(CCN3CCN(C(=O)Cc4ccc(-n5cnnn5)nc4)CC3)ccc2C(=O)O1. The quantitative estimate of drug-likeness (QED) is 0.502. The fourth-order valence-electron chi connectivity index (χ4n) is 4.49. The second kappa shape index (κ2) is 9.68. The number of hydrogen-bond donors (Lipinski definition) is 0. The molecule has 1 aromatic carbocycles. The highest BCUT2D eigenvalue weighted by Crippen LogP contribution is 2.22. The first kappa shape index (κ1) is 22.1. The Bertz CT molecular complexity index is 1160. The van der Waals surface area contributed by atoms with E-state index in [1.807, 2.05) is 30.0 Å². The number of aromatic nitrogens is 5. The minimum Gasteiger partial charge on any atom is -0.459 e. The second-order valence-corrected chi connectivity index (χ2v) is 8.84. The van der Waals surface area contributed by atoms with Gasteiger partial charge in [0.2, 0.25) is 5.91 Å². The first-order valence-electron chi connectivity index (χ1n) is 11.6. The molecule has 3 aromatic rings. The van der Waals surface area contributed by atoms with Crippen molar-refractivity contribution in [2.75, 3.05) is 32.7 Å². The molecule has 0 unspecified atom stereocenters. The van der Waals surface area contributed by atoms with E-state index in [4.69, 9.17) is 4.74 Å². The van der Waals surface area contributed by atoms with Crippen LogP contribution in [0.15, 0.2) is 42.9 Å². The largest absolute Gasteiger partial charge is 0.459 e. The van der Waals surface area contributed by atoms with E-state index >= 15 is 0 Å². The summed E-state index contributed by atoms with van der Waals surface area (Å²) < 4.78 is 6.78. The van der Waals surface area contributed by atoms with Crippen LogP contribution in [0.4, 0.5) is 0 Å². The van der Waals surface area contributed by atoms with Crippen LogP contribution in [-0.4, -0.2) is 85.7 Å². The fraction of sp³-hybridized carbons (Fsp3) is 0.417. The summed E-state index contributed by atoms with van der Waals surface area (Å²) in [6, 6.07) is 9.75. The van der Waals surface area contributed by atoms with E-state index in [9.17, 15) is 9.59 Å². The molecule has 2 aromatic heterocycles. The zero-order chi connectivity index (χ0) is 23.5. The van der Waals surface area contributed by atoms with Crippen LogP contribution < -0.4 is 0 Å². The molecule has 176 valence electrons. The van der Waals surface area contributed by atoms with Crippen LogP contribution in [0, 0.1) is 0 Å². The highest BCUT2D eigenvalue weighted by atomic mass is 16.5. The molecule has 2 aliphatic rings. The van der Waals surface area contributed by atoms with Gasteiger partial charge in [-0.15, -0.1) is 5.10 Å². The van der Waals surface area contributed by atoms with Gasteiger partial charge in [-0.25, -0.2) is 9.78 Å². The molecular weight excluding hydrogens is 434 g/mol. The van der Waals surface area contributed by atoms with Crippen molar-refractivity contribution in [1.82, 2.24) is 35.0 Å². The number of esters is 1. The van der Waals surface area contributed by atoms with Gasteiger partial charge in [-0.2, -0.15) is 4.68 Å². The normalized spacial score (nSPS) is 18.4. The number of carbonyl (C=O) groups excluding carboxylic acids is 2. The summed E-state index contributed by atoms with van der Waals surface area (Å²) >= 11 is 0. The van der Waals surface area contributed by atoms with Crippen molar-refractivity contribution in [2.45, 2.75) is 32.3 Å². The Morgan fingerprint density at radius 3 is 2.68 bits per heavy atom. The molecule has 1 atom stereocenters. The smallest absolute Gasteiger partial charge is 0.338 e. The summed E-state index contributed by atoms with van der Waals surface area (Å²) in [6.07, 6.45) is 5.13. The molecule has 0 radical (unpaired) electrons. The number of fused-ring (bicyclic) bond motifs is 1. The Hall–Kier alpha value is -3.66.